The van der Waals surface area contributed by atoms with Crippen molar-refractivity contribution in [3.05, 3.63) is 231 Å². The number of benzene rings is 9. The van der Waals surface area contributed by atoms with Gasteiger partial charge >= 0.3 is 0 Å². The summed E-state index contributed by atoms with van der Waals surface area (Å²) < 4.78 is 7.06. The molecule has 13 rings (SSSR count). The molecule has 0 saturated heterocycles. The van der Waals surface area contributed by atoms with Gasteiger partial charge in [0.15, 0.2) is 5.82 Å². The van der Waals surface area contributed by atoms with E-state index in [4.69, 9.17) is 9.97 Å². The summed E-state index contributed by atoms with van der Waals surface area (Å²) in [5.74, 6) is 0.649. The topological polar surface area (TPSA) is 40.6 Å². The molecule has 0 aliphatic heterocycles. The lowest BCUT2D eigenvalue weighted by Crippen LogP contribution is -2.00. The zero-order valence-corrected chi connectivity index (χ0v) is 35.3. The average molecular weight is 830 g/mol. The fourth-order valence-corrected chi connectivity index (χ4v) is 10.1. The second kappa shape index (κ2) is 14.7. The number of rotatable bonds is 7. The molecule has 4 aromatic heterocycles. The molecule has 0 bridgehead atoms. The van der Waals surface area contributed by atoms with E-state index in [9.17, 15) is 0 Å². The van der Waals surface area contributed by atoms with Gasteiger partial charge in [-0.1, -0.05) is 152 Å². The lowest BCUT2D eigenvalue weighted by Gasteiger charge is -2.14. The molecule has 5 nitrogen and oxygen atoms in total. The first-order valence-electron chi connectivity index (χ1n) is 22.0. The van der Waals surface area contributed by atoms with Crippen LogP contribution < -0.4 is 0 Å². The quantitative estimate of drug-likeness (QED) is 0.161. The molecule has 304 valence electrons. The molecule has 65 heavy (non-hydrogen) atoms. The number of aromatic nitrogens is 5. The Kier molecular flexibility index (Phi) is 8.30. The summed E-state index contributed by atoms with van der Waals surface area (Å²) in [4.78, 5) is 10.9. The Morgan fingerprint density at radius 2 is 0.662 bits per heavy atom. The molecule has 9 aromatic carbocycles. The standard InChI is InChI=1S/C60H39N5/c1-2-39-32-33-51-50-26-7-12-31-58(50)65(59(51)34-39)45-21-15-18-42(37-45)60-61-52(40-16-13-19-43(35-40)63-54-27-8-3-22-46(54)47-23-4-9-28-55(47)63)38-53(62-60)41-17-14-20-44(36-41)64-56-29-10-5-24-48(56)49-25-6-11-30-57(49)64/h2-38H,1H2. The van der Waals surface area contributed by atoms with Crippen LogP contribution in [0, 0.1) is 0 Å². The van der Waals surface area contributed by atoms with E-state index in [0.29, 0.717) is 5.82 Å². The summed E-state index contributed by atoms with van der Waals surface area (Å²) in [5, 5.41) is 7.32. The van der Waals surface area contributed by atoms with Crippen molar-refractivity contribution in [2.75, 3.05) is 0 Å². The molecule has 0 aliphatic rings. The first-order chi connectivity index (χ1) is 32.2. The van der Waals surface area contributed by atoms with Crippen LogP contribution in [0.2, 0.25) is 0 Å². The summed E-state index contributed by atoms with van der Waals surface area (Å²) >= 11 is 0. The molecule has 0 amide bonds. The van der Waals surface area contributed by atoms with E-state index in [0.717, 1.165) is 61.7 Å². The van der Waals surface area contributed by atoms with Crippen LogP contribution in [0.3, 0.4) is 0 Å². The Morgan fingerprint density at radius 1 is 0.308 bits per heavy atom. The first-order valence-corrected chi connectivity index (χ1v) is 22.0. The maximum Gasteiger partial charge on any atom is 0.160 e. The third kappa shape index (κ3) is 5.87. The molecule has 0 spiro atoms. The lowest BCUT2D eigenvalue weighted by atomic mass is 10.0. The predicted molar refractivity (Wildman–Crippen MR) is 271 cm³/mol. The summed E-state index contributed by atoms with van der Waals surface area (Å²) in [6.45, 7) is 4.08. The van der Waals surface area contributed by atoms with Crippen molar-refractivity contribution >= 4 is 71.5 Å². The largest absolute Gasteiger partial charge is 0.309 e. The van der Waals surface area contributed by atoms with Crippen molar-refractivity contribution in [1.29, 1.82) is 0 Å². The second-order valence-electron chi connectivity index (χ2n) is 16.7. The third-order valence-electron chi connectivity index (χ3n) is 13.0. The van der Waals surface area contributed by atoms with Crippen molar-refractivity contribution in [1.82, 2.24) is 23.7 Å². The molecule has 13 aromatic rings. The SMILES string of the molecule is C=Cc1ccc2c3ccccc3n(-c3cccc(-c4nc(-c5cccc(-n6c7ccccc7c7ccccc76)c5)cc(-c5cccc(-n6c7ccccc7c7ccccc76)c5)n4)c3)c2c1. The summed E-state index contributed by atoms with van der Waals surface area (Å²) in [6.07, 6.45) is 1.91. The highest BCUT2D eigenvalue weighted by Gasteiger charge is 2.18. The molecule has 4 heterocycles. The van der Waals surface area contributed by atoms with Gasteiger partial charge in [-0.15, -0.1) is 0 Å². The normalized spacial score (nSPS) is 11.8. The van der Waals surface area contributed by atoms with Gasteiger partial charge in [0, 0.05) is 66.1 Å². The molecule has 0 radical (unpaired) electrons. The van der Waals surface area contributed by atoms with Crippen molar-refractivity contribution in [3.8, 4) is 51.0 Å². The molecule has 0 aliphatic carbocycles. The number of fused-ring (bicyclic) bond motifs is 9. The highest BCUT2D eigenvalue weighted by Crippen LogP contribution is 2.38. The molecule has 0 fully saturated rings. The molecular weight excluding hydrogens is 791 g/mol. The number of para-hydroxylation sites is 5. The van der Waals surface area contributed by atoms with Crippen LogP contribution in [-0.4, -0.2) is 23.7 Å². The van der Waals surface area contributed by atoms with E-state index >= 15 is 0 Å². The lowest BCUT2D eigenvalue weighted by molar-refractivity contribution is 1.15. The number of hydrogen-bond acceptors (Lipinski definition) is 2. The van der Waals surface area contributed by atoms with Gasteiger partial charge in [-0.3, -0.25) is 0 Å². The van der Waals surface area contributed by atoms with Gasteiger partial charge in [-0.2, -0.15) is 0 Å². The van der Waals surface area contributed by atoms with Crippen LogP contribution in [0.15, 0.2) is 225 Å². The van der Waals surface area contributed by atoms with Crippen LogP contribution in [0.5, 0.6) is 0 Å². The zero-order chi connectivity index (χ0) is 43.0. The first kappa shape index (κ1) is 36.8. The predicted octanol–water partition coefficient (Wildman–Crippen LogP) is 15.4. The minimum Gasteiger partial charge on any atom is -0.309 e. The molecule has 0 atom stereocenters. The van der Waals surface area contributed by atoms with E-state index in [2.05, 4.69) is 239 Å². The Hall–Kier alpha value is -8.80. The van der Waals surface area contributed by atoms with E-state index < -0.39 is 0 Å². The minimum atomic E-state index is 0.649. The number of nitrogens with zero attached hydrogens (tertiary/aromatic N) is 5. The molecule has 5 heteroatoms. The molecular formula is C60H39N5. The van der Waals surface area contributed by atoms with Crippen molar-refractivity contribution in [2.24, 2.45) is 0 Å². The van der Waals surface area contributed by atoms with Crippen LogP contribution in [0.4, 0.5) is 0 Å². The van der Waals surface area contributed by atoms with Gasteiger partial charge in [-0.25, -0.2) is 9.97 Å². The Bertz CT molecular complexity index is 3770. The van der Waals surface area contributed by atoms with Gasteiger partial charge < -0.3 is 13.7 Å². The fraction of sp³-hybridized carbons (Fsp3) is 0. The summed E-state index contributed by atoms with van der Waals surface area (Å²) in [7, 11) is 0. The van der Waals surface area contributed by atoms with Crippen LogP contribution in [0.25, 0.3) is 122 Å². The smallest absolute Gasteiger partial charge is 0.160 e. The van der Waals surface area contributed by atoms with Crippen molar-refractivity contribution in [3.63, 3.8) is 0 Å². The zero-order valence-electron chi connectivity index (χ0n) is 35.3. The summed E-state index contributed by atoms with van der Waals surface area (Å²) in [5.41, 5.74) is 15.8. The van der Waals surface area contributed by atoms with Gasteiger partial charge in [-0.05, 0) is 84.4 Å². The maximum atomic E-state index is 5.43. The molecule has 0 saturated carbocycles. The number of hydrogen-bond donors (Lipinski definition) is 0. The Balaban J connectivity index is 1.02. The highest BCUT2D eigenvalue weighted by molar-refractivity contribution is 6.11. The van der Waals surface area contributed by atoms with Gasteiger partial charge in [0.1, 0.15) is 0 Å². The van der Waals surface area contributed by atoms with Gasteiger partial charge in [0.2, 0.25) is 0 Å². The van der Waals surface area contributed by atoms with Gasteiger partial charge in [0.25, 0.3) is 0 Å². The van der Waals surface area contributed by atoms with Crippen molar-refractivity contribution < 1.29 is 0 Å². The Morgan fingerprint density at radius 3 is 1.08 bits per heavy atom. The van der Waals surface area contributed by atoms with Crippen LogP contribution in [-0.2, 0) is 0 Å². The monoisotopic (exact) mass is 829 g/mol. The van der Waals surface area contributed by atoms with Crippen LogP contribution >= 0.6 is 0 Å². The van der Waals surface area contributed by atoms with Gasteiger partial charge in [0.05, 0.1) is 44.5 Å². The van der Waals surface area contributed by atoms with Crippen molar-refractivity contribution in [2.45, 2.75) is 0 Å². The minimum absolute atomic E-state index is 0.649. The van der Waals surface area contributed by atoms with E-state index in [1.807, 2.05) is 6.08 Å². The fourth-order valence-electron chi connectivity index (χ4n) is 10.1. The molecule has 0 N–H and O–H groups in total. The Labute approximate surface area is 375 Å². The second-order valence-corrected chi connectivity index (χ2v) is 16.7. The molecule has 0 unspecified atom stereocenters. The maximum absolute atomic E-state index is 5.43. The highest BCUT2D eigenvalue weighted by atomic mass is 15.0. The van der Waals surface area contributed by atoms with Crippen LogP contribution in [0.1, 0.15) is 5.56 Å². The summed E-state index contributed by atoms with van der Waals surface area (Å²) in [6, 6.07) is 78.0. The van der Waals surface area contributed by atoms with E-state index in [-0.39, 0.29) is 0 Å². The third-order valence-corrected chi connectivity index (χ3v) is 13.0. The average Bonchev–Trinajstić information content (AvgIpc) is 4.02. The van der Waals surface area contributed by atoms with E-state index in [1.165, 1.54) is 54.4 Å². The van der Waals surface area contributed by atoms with E-state index in [1.54, 1.807) is 0 Å².